The number of nitrogens with zero attached hydrogens (tertiary/aromatic N) is 2. The number of aromatic nitrogens is 2. The molecule has 0 unspecified atom stereocenters. The molecule has 106 valence electrons. The number of ether oxygens (including phenoxy) is 1. The zero-order chi connectivity index (χ0) is 14.7. The number of nitrogen functional groups attached to an aromatic ring is 1. The van der Waals surface area contributed by atoms with Crippen LogP contribution in [0.15, 0.2) is 24.5 Å². The van der Waals surface area contributed by atoms with Gasteiger partial charge in [0.05, 0.1) is 34.8 Å². The van der Waals surface area contributed by atoms with Gasteiger partial charge in [-0.25, -0.2) is 4.79 Å². The summed E-state index contributed by atoms with van der Waals surface area (Å²) < 4.78 is 6.64. The number of nitrogens with two attached hydrogens (primary N) is 1. The van der Waals surface area contributed by atoms with Crippen molar-refractivity contribution in [1.29, 1.82) is 0 Å². The van der Waals surface area contributed by atoms with E-state index >= 15 is 0 Å². The maximum Gasteiger partial charge on any atom is 0.340 e. The molecule has 0 aliphatic heterocycles. The van der Waals surface area contributed by atoms with E-state index < -0.39 is 5.97 Å². The number of carbonyl (C=O) groups is 1. The first kappa shape index (κ1) is 14.2. The Kier molecular flexibility index (Phi) is 4.14. The second-order valence-electron chi connectivity index (χ2n) is 4.17. The predicted molar refractivity (Wildman–Crippen MR) is 78.3 cm³/mol. The zero-order valence-electron chi connectivity index (χ0n) is 11.2. The SMILES string of the molecule is CCOC(=O)c1cc(N)cc(Cl)c1Nc1cnn(C)c1. The Morgan fingerprint density at radius 1 is 1.55 bits per heavy atom. The lowest BCUT2D eigenvalue weighted by molar-refractivity contribution is 0.0527. The van der Waals surface area contributed by atoms with Gasteiger partial charge in [-0.1, -0.05) is 11.6 Å². The van der Waals surface area contributed by atoms with Gasteiger partial charge in [0, 0.05) is 18.9 Å². The van der Waals surface area contributed by atoms with Crippen LogP contribution in [0.5, 0.6) is 0 Å². The molecule has 3 N–H and O–H groups in total. The smallest absolute Gasteiger partial charge is 0.340 e. The first-order valence-electron chi connectivity index (χ1n) is 6.03. The average Bonchev–Trinajstić information content (AvgIpc) is 2.78. The lowest BCUT2D eigenvalue weighted by atomic mass is 10.1. The Balaban J connectivity index is 2.42. The average molecular weight is 295 g/mol. The van der Waals surface area contributed by atoms with Crippen molar-refractivity contribution in [2.24, 2.45) is 7.05 Å². The van der Waals surface area contributed by atoms with E-state index in [1.54, 1.807) is 37.1 Å². The van der Waals surface area contributed by atoms with E-state index in [2.05, 4.69) is 10.4 Å². The minimum Gasteiger partial charge on any atom is -0.462 e. The van der Waals surface area contributed by atoms with Gasteiger partial charge < -0.3 is 15.8 Å². The van der Waals surface area contributed by atoms with Crippen molar-refractivity contribution in [2.75, 3.05) is 17.7 Å². The van der Waals surface area contributed by atoms with Gasteiger partial charge in [-0.05, 0) is 19.1 Å². The number of hydrogen-bond donors (Lipinski definition) is 2. The standard InChI is InChI=1S/C13H15ClN4O2/c1-3-20-13(19)10-4-8(15)5-11(14)12(10)17-9-6-16-18(2)7-9/h4-7,17H,3,15H2,1-2H3. The largest absolute Gasteiger partial charge is 0.462 e. The molecule has 0 atom stereocenters. The number of anilines is 3. The molecule has 2 rings (SSSR count). The summed E-state index contributed by atoms with van der Waals surface area (Å²) in [6.07, 6.45) is 3.39. The summed E-state index contributed by atoms with van der Waals surface area (Å²) in [6.45, 7) is 2.01. The third kappa shape index (κ3) is 3.03. The molecule has 1 aromatic heterocycles. The van der Waals surface area contributed by atoms with Gasteiger partial charge in [0.1, 0.15) is 0 Å². The van der Waals surface area contributed by atoms with Crippen LogP contribution < -0.4 is 11.1 Å². The van der Waals surface area contributed by atoms with E-state index in [4.69, 9.17) is 22.1 Å². The third-order valence-corrected chi connectivity index (χ3v) is 2.88. The highest BCUT2D eigenvalue weighted by atomic mass is 35.5. The van der Waals surface area contributed by atoms with Crippen molar-refractivity contribution in [3.05, 3.63) is 35.1 Å². The fourth-order valence-corrected chi connectivity index (χ4v) is 2.03. The highest BCUT2D eigenvalue weighted by molar-refractivity contribution is 6.34. The Labute approximate surface area is 121 Å². The quantitative estimate of drug-likeness (QED) is 0.669. The lowest BCUT2D eigenvalue weighted by Gasteiger charge is -2.13. The summed E-state index contributed by atoms with van der Waals surface area (Å²) >= 11 is 6.16. The van der Waals surface area contributed by atoms with E-state index in [1.165, 1.54) is 6.07 Å². The second-order valence-corrected chi connectivity index (χ2v) is 4.58. The molecule has 6 nitrogen and oxygen atoms in total. The van der Waals surface area contributed by atoms with E-state index in [1.807, 2.05) is 0 Å². The van der Waals surface area contributed by atoms with Crippen LogP contribution in [0.2, 0.25) is 5.02 Å². The minimum atomic E-state index is -0.479. The van der Waals surface area contributed by atoms with Crippen molar-refractivity contribution >= 4 is 34.6 Å². The topological polar surface area (TPSA) is 82.2 Å². The molecule has 0 aliphatic carbocycles. The summed E-state index contributed by atoms with van der Waals surface area (Å²) in [5, 5.41) is 7.44. The van der Waals surface area contributed by atoms with Crippen LogP contribution in [0.4, 0.5) is 17.1 Å². The highest BCUT2D eigenvalue weighted by Gasteiger charge is 2.17. The summed E-state index contributed by atoms with van der Waals surface area (Å²) in [7, 11) is 1.79. The first-order chi connectivity index (χ1) is 9.51. The highest BCUT2D eigenvalue weighted by Crippen LogP contribution is 2.32. The van der Waals surface area contributed by atoms with Gasteiger partial charge >= 0.3 is 5.97 Å². The fraction of sp³-hybridized carbons (Fsp3) is 0.231. The molecule has 1 aromatic carbocycles. The number of hydrogen-bond acceptors (Lipinski definition) is 5. The number of nitrogens with one attached hydrogen (secondary N) is 1. The van der Waals surface area contributed by atoms with Crippen molar-refractivity contribution in [3.8, 4) is 0 Å². The molecule has 1 heterocycles. The van der Waals surface area contributed by atoms with E-state index in [-0.39, 0.29) is 6.61 Å². The van der Waals surface area contributed by atoms with Gasteiger partial charge in [-0.15, -0.1) is 0 Å². The number of rotatable bonds is 4. The second kappa shape index (κ2) is 5.83. The monoisotopic (exact) mass is 294 g/mol. The summed E-state index contributed by atoms with van der Waals surface area (Å²) in [6, 6.07) is 3.10. The van der Waals surface area contributed by atoms with Crippen LogP contribution in [0.3, 0.4) is 0 Å². The molecular weight excluding hydrogens is 280 g/mol. The van der Waals surface area contributed by atoms with Gasteiger partial charge in [0.15, 0.2) is 0 Å². The van der Waals surface area contributed by atoms with Crippen LogP contribution in [0.1, 0.15) is 17.3 Å². The molecule has 0 bridgehead atoms. The van der Waals surface area contributed by atoms with Crippen molar-refractivity contribution in [1.82, 2.24) is 9.78 Å². The van der Waals surface area contributed by atoms with Crippen LogP contribution >= 0.6 is 11.6 Å². The number of halogens is 1. The maximum absolute atomic E-state index is 12.0. The molecule has 0 amide bonds. The molecular formula is C13H15ClN4O2. The van der Waals surface area contributed by atoms with Gasteiger partial charge in [-0.2, -0.15) is 5.10 Å². The molecule has 0 spiro atoms. The van der Waals surface area contributed by atoms with Crippen molar-refractivity contribution < 1.29 is 9.53 Å². The van der Waals surface area contributed by atoms with Crippen molar-refractivity contribution in [3.63, 3.8) is 0 Å². The van der Waals surface area contributed by atoms with Crippen LogP contribution in [0.25, 0.3) is 0 Å². The Bertz CT molecular complexity index is 639. The van der Waals surface area contributed by atoms with Gasteiger partial charge in [0.25, 0.3) is 0 Å². The number of benzene rings is 1. The third-order valence-electron chi connectivity index (χ3n) is 2.58. The lowest BCUT2D eigenvalue weighted by Crippen LogP contribution is -2.09. The van der Waals surface area contributed by atoms with Gasteiger partial charge in [-0.3, -0.25) is 4.68 Å². The van der Waals surface area contributed by atoms with Crippen LogP contribution in [-0.4, -0.2) is 22.4 Å². The van der Waals surface area contributed by atoms with E-state index in [0.29, 0.717) is 27.6 Å². The van der Waals surface area contributed by atoms with E-state index in [0.717, 1.165) is 0 Å². The molecule has 2 aromatic rings. The van der Waals surface area contributed by atoms with Gasteiger partial charge in [0.2, 0.25) is 0 Å². The Morgan fingerprint density at radius 3 is 2.90 bits per heavy atom. The molecule has 0 radical (unpaired) electrons. The molecule has 7 heteroatoms. The molecule has 0 saturated heterocycles. The summed E-state index contributed by atoms with van der Waals surface area (Å²) in [4.78, 5) is 12.0. The molecule has 0 fully saturated rings. The minimum absolute atomic E-state index is 0.275. The molecule has 0 saturated carbocycles. The number of esters is 1. The predicted octanol–water partition coefficient (Wildman–Crippen LogP) is 2.58. The normalized spacial score (nSPS) is 10.3. The number of carbonyl (C=O) groups excluding carboxylic acids is 1. The first-order valence-corrected chi connectivity index (χ1v) is 6.41. The van der Waals surface area contributed by atoms with Crippen LogP contribution in [-0.2, 0) is 11.8 Å². The Hall–Kier alpha value is -2.21. The van der Waals surface area contributed by atoms with E-state index in [9.17, 15) is 4.79 Å². The Morgan fingerprint density at radius 2 is 2.30 bits per heavy atom. The fourth-order valence-electron chi connectivity index (χ4n) is 1.75. The molecule has 20 heavy (non-hydrogen) atoms. The van der Waals surface area contributed by atoms with Crippen molar-refractivity contribution in [2.45, 2.75) is 6.92 Å². The zero-order valence-corrected chi connectivity index (χ0v) is 11.9. The maximum atomic E-state index is 12.0. The molecule has 0 aliphatic rings. The van der Waals surface area contributed by atoms with Crippen LogP contribution in [0, 0.1) is 0 Å². The summed E-state index contributed by atoms with van der Waals surface area (Å²) in [5.74, 6) is -0.479. The summed E-state index contributed by atoms with van der Waals surface area (Å²) in [5.41, 5.74) is 7.58. The number of aryl methyl sites for hydroxylation is 1.